The van der Waals surface area contributed by atoms with E-state index in [4.69, 9.17) is 10.5 Å². The van der Waals surface area contributed by atoms with E-state index < -0.39 is 0 Å². The molecule has 142 valence electrons. The molecular formula is C19H37ClN2O2. The maximum atomic E-state index is 12.6. The van der Waals surface area contributed by atoms with Crippen LogP contribution in [-0.4, -0.2) is 43.2 Å². The summed E-state index contributed by atoms with van der Waals surface area (Å²) in [7, 11) is 2.02. The molecule has 5 heteroatoms. The minimum atomic E-state index is 0. The smallest absolute Gasteiger partial charge is 0.222 e. The van der Waals surface area contributed by atoms with Crippen molar-refractivity contribution in [1.29, 1.82) is 0 Å². The van der Waals surface area contributed by atoms with Gasteiger partial charge in [-0.1, -0.05) is 32.1 Å². The van der Waals surface area contributed by atoms with E-state index in [-0.39, 0.29) is 17.8 Å². The molecule has 0 heterocycles. The number of halogens is 1. The average Bonchev–Trinajstić information content (AvgIpc) is 2.58. The summed E-state index contributed by atoms with van der Waals surface area (Å²) in [6.07, 6.45) is 12.8. The van der Waals surface area contributed by atoms with Crippen molar-refractivity contribution in [3.63, 3.8) is 0 Å². The van der Waals surface area contributed by atoms with Crippen LogP contribution in [0.15, 0.2) is 0 Å². The first kappa shape index (κ1) is 21.7. The van der Waals surface area contributed by atoms with E-state index in [1.165, 1.54) is 32.1 Å². The summed E-state index contributed by atoms with van der Waals surface area (Å²) in [6, 6.07) is 0.399. The molecule has 2 aliphatic rings. The van der Waals surface area contributed by atoms with Gasteiger partial charge in [-0.25, -0.2) is 0 Å². The van der Waals surface area contributed by atoms with Crippen LogP contribution in [0, 0.1) is 5.41 Å². The van der Waals surface area contributed by atoms with Crippen molar-refractivity contribution in [2.24, 2.45) is 11.1 Å². The summed E-state index contributed by atoms with van der Waals surface area (Å²) in [5.74, 6) is 0.322. The maximum Gasteiger partial charge on any atom is 0.222 e. The predicted octanol–water partition coefficient (Wildman–Crippen LogP) is 3.90. The van der Waals surface area contributed by atoms with Crippen molar-refractivity contribution < 1.29 is 9.53 Å². The lowest BCUT2D eigenvalue weighted by atomic mass is 9.54. The zero-order valence-corrected chi connectivity index (χ0v) is 16.4. The van der Waals surface area contributed by atoms with Crippen LogP contribution < -0.4 is 5.73 Å². The van der Waals surface area contributed by atoms with Gasteiger partial charge in [-0.05, 0) is 45.6 Å². The van der Waals surface area contributed by atoms with Gasteiger partial charge >= 0.3 is 0 Å². The Labute approximate surface area is 154 Å². The Kier molecular flexibility index (Phi) is 9.61. The Hall–Kier alpha value is -0.320. The normalized spacial score (nSPS) is 25.0. The third kappa shape index (κ3) is 4.86. The fraction of sp³-hybridized carbons (Fsp3) is 0.947. The first-order valence-electron chi connectivity index (χ1n) is 9.73. The lowest BCUT2D eigenvalue weighted by Gasteiger charge is -2.60. The van der Waals surface area contributed by atoms with Crippen LogP contribution in [-0.2, 0) is 9.53 Å². The molecule has 2 aliphatic carbocycles. The number of hydrogen-bond acceptors (Lipinski definition) is 3. The highest BCUT2D eigenvalue weighted by Crippen LogP contribution is 2.55. The maximum absolute atomic E-state index is 12.6. The lowest BCUT2D eigenvalue weighted by Crippen LogP contribution is -2.65. The SMILES string of the molecule is CCOC1CC(N(C)C(=O)CCCCCCN)C12CCCCC2.Cl. The molecule has 4 nitrogen and oxygen atoms in total. The molecule has 2 N–H and O–H groups in total. The van der Waals surface area contributed by atoms with Crippen molar-refractivity contribution in [1.82, 2.24) is 4.90 Å². The molecule has 2 rings (SSSR count). The van der Waals surface area contributed by atoms with Crippen LogP contribution >= 0.6 is 12.4 Å². The lowest BCUT2D eigenvalue weighted by molar-refractivity contribution is -0.185. The molecule has 0 radical (unpaired) electrons. The van der Waals surface area contributed by atoms with Gasteiger partial charge in [0.15, 0.2) is 0 Å². The number of carbonyl (C=O) groups excluding carboxylic acids is 1. The van der Waals surface area contributed by atoms with Crippen molar-refractivity contribution in [2.45, 2.75) is 89.7 Å². The zero-order chi connectivity index (χ0) is 16.7. The zero-order valence-electron chi connectivity index (χ0n) is 15.6. The van der Waals surface area contributed by atoms with Gasteiger partial charge in [0, 0.05) is 31.5 Å². The molecule has 1 spiro atoms. The minimum Gasteiger partial charge on any atom is -0.378 e. The summed E-state index contributed by atoms with van der Waals surface area (Å²) < 4.78 is 6.01. The van der Waals surface area contributed by atoms with Gasteiger partial charge in [0.1, 0.15) is 0 Å². The van der Waals surface area contributed by atoms with Crippen LogP contribution in [0.3, 0.4) is 0 Å². The van der Waals surface area contributed by atoms with Gasteiger partial charge in [-0.15, -0.1) is 12.4 Å². The number of carbonyl (C=O) groups is 1. The number of nitrogens with zero attached hydrogens (tertiary/aromatic N) is 1. The van der Waals surface area contributed by atoms with E-state index >= 15 is 0 Å². The van der Waals surface area contributed by atoms with Crippen LogP contribution in [0.2, 0.25) is 0 Å². The topological polar surface area (TPSA) is 55.6 Å². The fourth-order valence-electron chi connectivity index (χ4n) is 4.69. The number of ether oxygens (including phenoxy) is 1. The Morgan fingerprint density at radius 2 is 1.83 bits per heavy atom. The Bertz CT molecular complexity index is 372. The third-order valence-electron chi connectivity index (χ3n) is 6.10. The number of rotatable bonds is 9. The number of nitrogens with two attached hydrogens (primary N) is 1. The largest absolute Gasteiger partial charge is 0.378 e. The molecule has 24 heavy (non-hydrogen) atoms. The summed E-state index contributed by atoms with van der Waals surface area (Å²) in [5.41, 5.74) is 5.76. The molecule has 0 saturated heterocycles. The number of amides is 1. The molecule has 2 fully saturated rings. The summed E-state index contributed by atoms with van der Waals surface area (Å²) in [4.78, 5) is 14.6. The standard InChI is InChI=1S/C19H36N2O2.ClH/c1-3-23-17-15-16(19(17)12-8-6-9-13-19)21(2)18(22)11-7-4-5-10-14-20;/h16-17H,3-15,20H2,1-2H3;1H. The van der Waals surface area contributed by atoms with Crippen molar-refractivity contribution in [3.8, 4) is 0 Å². The van der Waals surface area contributed by atoms with Gasteiger partial charge in [-0.2, -0.15) is 0 Å². The molecule has 2 unspecified atom stereocenters. The molecular weight excluding hydrogens is 324 g/mol. The Morgan fingerprint density at radius 1 is 1.17 bits per heavy atom. The van der Waals surface area contributed by atoms with Crippen LogP contribution in [0.5, 0.6) is 0 Å². The quantitative estimate of drug-likeness (QED) is 0.634. The highest BCUT2D eigenvalue weighted by atomic mass is 35.5. The van der Waals surface area contributed by atoms with Gasteiger partial charge in [0.25, 0.3) is 0 Å². The predicted molar refractivity (Wildman–Crippen MR) is 101 cm³/mol. The molecule has 0 aromatic heterocycles. The van der Waals surface area contributed by atoms with E-state index in [9.17, 15) is 4.79 Å². The average molecular weight is 361 g/mol. The summed E-state index contributed by atoms with van der Waals surface area (Å²) in [5, 5.41) is 0. The van der Waals surface area contributed by atoms with Crippen molar-refractivity contribution in [2.75, 3.05) is 20.2 Å². The van der Waals surface area contributed by atoms with Gasteiger partial charge in [0.05, 0.1) is 6.10 Å². The second-order valence-electron chi connectivity index (χ2n) is 7.45. The van der Waals surface area contributed by atoms with Gasteiger partial charge < -0.3 is 15.4 Å². The van der Waals surface area contributed by atoms with E-state index in [2.05, 4.69) is 11.8 Å². The van der Waals surface area contributed by atoms with Crippen LogP contribution in [0.4, 0.5) is 0 Å². The number of unbranched alkanes of at least 4 members (excludes halogenated alkanes) is 3. The number of hydrogen-bond donors (Lipinski definition) is 1. The van der Waals surface area contributed by atoms with Crippen LogP contribution in [0.1, 0.15) is 77.6 Å². The molecule has 0 bridgehead atoms. The molecule has 2 saturated carbocycles. The highest BCUT2D eigenvalue weighted by Gasteiger charge is 2.57. The van der Waals surface area contributed by atoms with Crippen molar-refractivity contribution in [3.05, 3.63) is 0 Å². The molecule has 2 atom stereocenters. The van der Waals surface area contributed by atoms with Gasteiger partial charge in [0.2, 0.25) is 5.91 Å². The first-order valence-corrected chi connectivity index (χ1v) is 9.73. The van der Waals surface area contributed by atoms with E-state index in [1.807, 2.05) is 7.05 Å². The van der Waals surface area contributed by atoms with Crippen molar-refractivity contribution >= 4 is 18.3 Å². The summed E-state index contributed by atoms with van der Waals surface area (Å²) in [6.45, 7) is 3.63. The van der Waals surface area contributed by atoms with Gasteiger partial charge in [-0.3, -0.25) is 4.79 Å². The molecule has 1 amide bonds. The highest BCUT2D eigenvalue weighted by molar-refractivity contribution is 5.85. The monoisotopic (exact) mass is 360 g/mol. The third-order valence-corrected chi connectivity index (χ3v) is 6.10. The fourth-order valence-corrected chi connectivity index (χ4v) is 4.69. The van der Waals surface area contributed by atoms with E-state index in [1.54, 1.807) is 0 Å². The first-order chi connectivity index (χ1) is 11.2. The minimum absolute atomic E-state index is 0. The van der Waals surface area contributed by atoms with E-state index in [0.29, 0.717) is 24.5 Å². The molecule has 0 aromatic rings. The van der Waals surface area contributed by atoms with Crippen LogP contribution in [0.25, 0.3) is 0 Å². The summed E-state index contributed by atoms with van der Waals surface area (Å²) >= 11 is 0. The van der Waals surface area contributed by atoms with E-state index in [0.717, 1.165) is 45.3 Å². The second-order valence-corrected chi connectivity index (χ2v) is 7.45. The molecule has 0 aliphatic heterocycles. The second kappa shape index (κ2) is 10.6. The Balaban J connectivity index is 0.00000288. The Morgan fingerprint density at radius 3 is 2.46 bits per heavy atom. The molecule has 0 aromatic carbocycles.